The molecule has 5 rings (SSSR count). The van der Waals surface area contributed by atoms with Gasteiger partial charge in [0, 0.05) is 20.8 Å². The van der Waals surface area contributed by atoms with Gasteiger partial charge in [0.1, 0.15) is 10.6 Å². The van der Waals surface area contributed by atoms with E-state index in [2.05, 4.69) is 27.0 Å². The number of aromatic nitrogens is 1. The van der Waals surface area contributed by atoms with Gasteiger partial charge in [0.05, 0.1) is 11.3 Å². The van der Waals surface area contributed by atoms with Crippen molar-refractivity contribution in [2.75, 3.05) is 0 Å². The smallest absolute Gasteiger partial charge is 0.346 e. The van der Waals surface area contributed by atoms with Gasteiger partial charge in [-0.1, -0.05) is 58.4 Å². The molecule has 5 heteroatoms. The predicted molar refractivity (Wildman–Crippen MR) is 114 cm³/mol. The summed E-state index contributed by atoms with van der Waals surface area (Å²) in [6.45, 7) is 0. The second-order valence-electron chi connectivity index (χ2n) is 6.19. The second-order valence-corrected chi connectivity index (χ2v) is 7.96. The number of thiazole rings is 1. The van der Waals surface area contributed by atoms with E-state index >= 15 is 0 Å². The normalized spacial score (nSPS) is 11.3. The molecule has 3 aromatic carbocycles. The molecule has 0 bridgehead atoms. The van der Waals surface area contributed by atoms with Crippen LogP contribution in [-0.2, 0) is 0 Å². The van der Waals surface area contributed by atoms with Gasteiger partial charge in [-0.2, -0.15) is 0 Å². The van der Waals surface area contributed by atoms with Crippen LogP contribution in [0.4, 0.5) is 0 Å². The van der Waals surface area contributed by atoms with Gasteiger partial charge in [-0.3, -0.25) is 0 Å². The first-order chi connectivity index (χ1) is 13.2. The van der Waals surface area contributed by atoms with Gasteiger partial charge in [0.25, 0.3) is 0 Å². The first-order valence-corrected chi connectivity index (χ1v) is 10.0. The number of hydrogen-bond acceptors (Lipinski definition) is 4. The number of hydrogen-bond donors (Lipinski definition) is 0. The van der Waals surface area contributed by atoms with Gasteiger partial charge in [-0.05, 0) is 35.0 Å². The number of rotatable bonds is 2. The van der Waals surface area contributed by atoms with Crippen LogP contribution in [0.3, 0.4) is 0 Å². The molecule has 0 spiro atoms. The topological polar surface area (TPSA) is 43.1 Å². The molecule has 3 nitrogen and oxygen atoms in total. The number of halogens is 1. The lowest BCUT2D eigenvalue weighted by molar-refractivity contribution is 0.564. The van der Waals surface area contributed by atoms with Crippen LogP contribution in [0.5, 0.6) is 0 Å². The minimum atomic E-state index is -0.366. The molecule has 5 aromatic rings. The number of benzene rings is 3. The van der Waals surface area contributed by atoms with E-state index in [1.54, 1.807) is 0 Å². The molecule has 0 aliphatic rings. The lowest BCUT2D eigenvalue weighted by Crippen LogP contribution is -2.02. The molecule has 2 heterocycles. The highest BCUT2D eigenvalue weighted by Gasteiger charge is 2.14. The van der Waals surface area contributed by atoms with E-state index in [1.165, 1.54) is 11.3 Å². The highest BCUT2D eigenvalue weighted by atomic mass is 79.9. The Labute approximate surface area is 167 Å². The van der Waals surface area contributed by atoms with Crippen LogP contribution in [0.2, 0.25) is 0 Å². The van der Waals surface area contributed by atoms with Crippen LogP contribution < -0.4 is 5.63 Å². The highest BCUT2D eigenvalue weighted by Crippen LogP contribution is 2.31. The van der Waals surface area contributed by atoms with E-state index in [0.717, 1.165) is 31.9 Å². The molecular weight excluding hydrogens is 422 g/mol. The predicted octanol–water partition coefficient (Wildman–Crippen LogP) is 6.50. The average Bonchev–Trinajstić information content (AvgIpc) is 3.17. The summed E-state index contributed by atoms with van der Waals surface area (Å²) < 4.78 is 6.61. The van der Waals surface area contributed by atoms with Crippen molar-refractivity contribution in [3.63, 3.8) is 0 Å². The number of nitrogens with zero attached hydrogens (tertiary/aromatic N) is 1. The zero-order valence-corrected chi connectivity index (χ0v) is 16.4. The van der Waals surface area contributed by atoms with Crippen LogP contribution in [-0.4, -0.2) is 4.98 Å². The average molecular weight is 434 g/mol. The first-order valence-electron chi connectivity index (χ1n) is 8.36. The largest absolute Gasteiger partial charge is 0.422 e. The molecule has 0 N–H and O–H groups in total. The summed E-state index contributed by atoms with van der Waals surface area (Å²) in [4.78, 5) is 17.2. The van der Waals surface area contributed by atoms with Crippen LogP contribution in [0.25, 0.3) is 43.6 Å². The third-order valence-corrected chi connectivity index (χ3v) is 5.92. The Hall–Kier alpha value is -2.76. The maximum atomic E-state index is 12.6. The molecular formula is C22H12BrNO2S. The molecule has 0 aliphatic carbocycles. The summed E-state index contributed by atoms with van der Waals surface area (Å²) in [5.41, 5.74) is 2.57. The fourth-order valence-electron chi connectivity index (χ4n) is 3.17. The molecule has 0 fully saturated rings. The molecule has 0 saturated heterocycles. The zero-order valence-electron chi connectivity index (χ0n) is 14.0. The van der Waals surface area contributed by atoms with Crippen LogP contribution in [0.15, 0.2) is 85.8 Å². The third-order valence-electron chi connectivity index (χ3n) is 4.52. The van der Waals surface area contributed by atoms with Crippen molar-refractivity contribution in [2.24, 2.45) is 0 Å². The minimum Gasteiger partial charge on any atom is -0.422 e. The summed E-state index contributed by atoms with van der Waals surface area (Å²) in [7, 11) is 0. The van der Waals surface area contributed by atoms with Gasteiger partial charge in [-0.15, -0.1) is 11.3 Å². The summed E-state index contributed by atoms with van der Waals surface area (Å²) in [5.74, 6) is 0. The minimum absolute atomic E-state index is 0.366. The number of fused-ring (bicyclic) bond motifs is 3. The lowest BCUT2D eigenvalue weighted by atomic mass is 10.0. The molecule has 0 unspecified atom stereocenters. The molecule has 27 heavy (non-hydrogen) atoms. The van der Waals surface area contributed by atoms with Crippen LogP contribution >= 0.6 is 27.3 Å². The van der Waals surface area contributed by atoms with Gasteiger partial charge in [-0.25, -0.2) is 9.78 Å². The lowest BCUT2D eigenvalue weighted by Gasteiger charge is -2.04. The third kappa shape index (κ3) is 2.89. The standard InChI is InChI=1S/C22H12BrNO2S/c23-15-8-5-14(6-9-15)19-12-27-21(24-19)18-11-17-16-4-2-1-3-13(16)7-10-20(17)26-22(18)25/h1-12H. The van der Waals surface area contributed by atoms with E-state index in [0.29, 0.717) is 16.2 Å². The molecule has 130 valence electrons. The van der Waals surface area contributed by atoms with Crippen LogP contribution in [0, 0.1) is 0 Å². The van der Waals surface area contributed by atoms with E-state index in [4.69, 9.17) is 4.42 Å². The SMILES string of the molecule is O=c1oc2ccc3ccccc3c2cc1-c1nc(-c2ccc(Br)cc2)cs1. The molecule has 0 aliphatic heterocycles. The van der Waals surface area contributed by atoms with E-state index < -0.39 is 0 Å². The Balaban J connectivity index is 1.69. The second kappa shape index (κ2) is 6.44. The van der Waals surface area contributed by atoms with Crippen molar-refractivity contribution in [3.05, 3.63) is 87.0 Å². The summed E-state index contributed by atoms with van der Waals surface area (Å²) >= 11 is 4.89. The summed E-state index contributed by atoms with van der Waals surface area (Å²) in [6, 6.07) is 21.7. The molecule has 0 amide bonds. The molecule has 2 aromatic heterocycles. The Bertz CT molecular complexity index is 1350. The van der Waals surface area contributed by atoms with Crippen molar-refractivity contribution in [3.8, 4) is 21.8 Å². The Morgan fingerprint density at radius 1 is 0.926 bits per heavy atom. The highest BCUT2D eigenvalue weighted by molar-refractivity contribution is 9.10. The Morgan fingerprint density at radius 2 is 1.74 bits per heavy atom. The van der Waals surface area contributed by atoms with Crippen molar-refractivity contribution < 1.29 is 4.42 Å². The van der Waals surface area contributed by atoms with Crippen molar-refractivity contribution >= 4 is 49.0 Å². The Kier molecular flexibility index (Phi) is 3.92. The van der Waals surface area contributed by atoms with Crippen molar-refractivity contribution in [1.29, 1.82) is 0 Å². The first kappa shape index (κ1) is 16.4. The fourth-order valence-corrected chi connectivity index (χ4v) is 4.27. The molecule has 0 radical (unpaired) electrons. The summed E-state index contributed by atoms with van der Waals surface area (Å²) in [6.07, 6.45) is 0. The van der Waals surface area contributed by atoms with E-state index in [9.17, 15) is 4.79 Å². The zero-order chi connectivity index (χ0) is 18.4. The molecule has 0 saturated carbocycles. The van der Waals surface area contributed by atoms with Gasteiger partial charge >= 0.3 is 5.63 Å². The van der Waals surface area contributed by atoms with Gasteiger partial charge < -0.3 is 4.42 Å². The molecule has 0 atom stereocenters. The quantitative estimate of drug-likeness (QED) is 0.235. The van der Waals surface area contributed by atoms with Gasteiger partial charge in [0.2, 0.25) is 0 Å². The van der Waals surface area contributed by atoms with E-state index in [-0.39, 0.29) is 5.63 Å². The van der Waals surface area contributed by atoms with Crippen molar-refractivity contribution in [1.82, 2.24) is 4.98 Å². The fraction of sp³-hybridized carbons (Fsp3) is 0. The summed E-state index contributed by atoms with van der Waals surface area (Å²) in [5, 5.41) is 5.72. The Morgan fingerprint density at radius 3 is 2.59 bits per heavy atom. The van der Waals surface area contributed by atoms with E-state index in [1.807, 2.05) is 66.0 Å². The van der Waals surface area contributed by atoms with Crippen molar-refractivity contribution in [2.45, 2.75) is 0 Å². The van der Waals surface area contributed by atoms with Crippen LogP contribution in [0.1, 0.15) is 0 Å². The maximum absolute atomic E-state index is 12.6. The van der Waals surface area contributed by atoms with Gasteiger partial charge in [0.15, 0.2) is 0 Å². The maximum Gasteiger partial charge on any atom is 0.346 e. The monoisotopic (exact) mass is 433 g/mol.